The first-order chi connectivity index (χ1) is 15.6. The van der Waals surface area contributed by atoms with Crippen LogP contribution in [0, 0.1) is 12.7 Å². The molecule has 1 aliphatic rings. The number of aryl methyl sites for hydroxylation is 1. The zero-order valence-corrected chi connectivity index (χ0v) is 18.8. The summed E-state index contributed by atoms with van der Waals surface area (Å²) >= 11 is 1.14. The predicted molar refractivity (Wildman–Crippen MR) is 119 cm³/mol. The molecule has 0 amide bonds. The van der Waals surface area contributed by atoms with Crippen molar-refractivity contribution in [3.8, 4) is 0 Å². The molecule has 1 saturated heterocycles. The molecule has 5 nitrogen and oxygen atoms in total. The molecule has 0 bridgehead atoms. The number of carboxylic acid groups (broad SMARTS) is 1. The highest BCUT2D eigenvalue weighted by Gasteiger charge is 2.35. The highest BCUT2D eigenvalue weighted by molar-refractivity contribution is 7.22. The van der Waals surface area contributed by atoms with Crippen molar-refractivity contribution in [2.45, 2.75) is 32.5 Å². The van der Waals surface area contributed by atoms with Crippen molar-refractivity contribution >= 4 is 32.7 Å². The third-order valence-corrected chi connectivity index (χ3v) is 6.67. The van der Waals surface area contributed by atoms with Crippen LogP contribution in [0.3, 0.4) is 0 Å². The Bertz CT molecular complexity index is 1180. The van der Waals surface area contributed by atoms with Gasteiger partial charge in [-0.1, -0.05) is 35.1 Å². The summed E-state index contributed by atoms with van der Waals surface area (Å²) in [4.78, 5) is 19.7. The summed E-state index contributed by atoms with van der Waals surface area (Å²) in [5.74, 6) is -2.18. The highest BCUT2D eigenvalue weighted by atomic mass is 32.1. The number of benzene rings is 2. The van der Waals surface area contributed by atoms with Gasteiger partial charge in [-0.15, -0.1) is 0 Å². The zero-order chi connectivity index (χ0) is 23.8. The van der Waals surface area contributed by atoms with Crippen LogP contribution >= 0.6 is 11.3 Å². The van der Waals surface area contributed by atoms with Crippen molar-refractivity contribution in [3.63, 3.8) is 0 Å². The third-order valence-electron chi connectivity index (χ3n) is 5.59. The van der Waals surface area contributed by atoms with Crippen LogP contribution in [0.4, 0.5) is 22.7 Å². The second kappa shape index (κ2) is 9.26. The molecular formula is C23H23F4N3O2S. The van der Waals surface area contributed by atoms with E-state index in [1.165, 1.54) is 0 Å². The SMILES string of the molecule is Cc1cc(CC(=O)O)cc(CN2CCCN(c3nc4cc(F)c(C(F)(F)F)cc4s3)CC2)c1. The van der Waals surface area contributed by atoms with Crippen LogP contribution in [-0.4, -0.2) is 47.1 Å². The summed E-state index contributed by atoms with van der Waals surface area (Å²) in [6.45, 7) is 5.52. The smallest absolute Gasteiger partial charge is 0.419 e. The van der Waals surface area contributed by atoms with E-state index in [0.717, 1.165) is 59.7 Å². The van der Waals surface area contributed by atoms with E-state index in [4.69, 9.17) is 5.11 Å². The van der Waals surface area contributed by atoms with Gasteiger partial charge in [-0.3, -0.25) is 9.69 Å². The second-order valence-corrected chi connectivity index (χ2v) is 9.32. The summed E-state index contributed by atoms with van der Waals surface area (Å²) < 4.78 is 53.3. The van der Waals surface area contributed by atoms with Crippen LogP contribution in [0.1, 0.15) is 28.7 Å². The molecule has 2 heterocycles. The number of thiazole rings is 1. The number of halogens is 4. The van der Waals surface area contributed by atoms with E-state index >= 15 is 0 Å². The van der Waals surface area contributed by atoms with Gasteiger partial charge in [0.2, 0.25) is 0 Å². The van der Waals surface area contributed by atoms with Crippen LogP contribution in [0.25, 0.3) is 10.2 Å². The van der Waals surface area contributed by atoms with Crippen molar-refractivity contribution in [1.82, 2.24) is 9.88 Å². The minimum absolute atomic E-state index is 0.0172. The Balaban J connectivity index is 1.47. The van der Waals surface area contributed by atoms with Gasteiger partial charge in [0.05, 0.1) is 22.2 Å². The summed E-state index contributed by atoms with van der Waals surface area (Å²) in [6.07, 6.45) is -3.92. The standard InChI is InChI=1S/C23H23F4N3O2S/c1-14-7-15(10-21(31)32)9-16(8-14)13-29-3-2-4-30(6-5-29)22-28-19-12-18(24)17(23(25,26)27)11-20(19)33-22/h7-9,11-12H,2-6,10,13H2,1H3,(H,31,32). The number of carbonyl (C=O) groups is 1. The molecule has 0 atom stereocenters. The molecule has 1 aromatic heterocycles. The van der Waals surface area contributed by atoms with E-state index in [2.05, 4.69) is 9.88 Å². The number of hydrogen-bond donors (Lipinski definition) is 1. The molecular weight excluding hydrogens is 458 g/mol. The van der Waals surface area contributed by atoms with Gasteiger partial charge in [0, 0.05) is 38.8 Å². The summed E-state index contributed by atoms with van der Waals surface area (Å²) in [6, 6.07) is 7.54. The van der Waals surface area contributed by atoms with Crippen molar-refractivity contribution < 1.29 is 27.5 Å². The zero-order valence-electron chi connectivity index (χ0n) is 18.0. The fraction of sp³-hybridized carbons (Fsp3) is 0.391. The molecule has 10 heteroatoms. The first kappa shape index (κ1) is 23.4. The number of fused-ring (bicyclic) bond motifs is 1. The average molecular weight is 482 g/mol. The number of rotatable bonds is 5. The Morgan fingerprint density at radius 1 is 1.09 bits per heavy atom. The first-order valence-electron chi connectivity index (χ1n) is 10.5. The Morgan fingerprint density at radius 3 is 2.58 bits per heavy atom. The van der Waals surface area contributed by atoms with Crippen LogP contribution in [0.2, 0.25) is 0 Å². The Kier molecular flexibility index (Phi) is 6.58. The number of anilines is 1. The highest BCUT2D eigenvalue weighted by Crippen LogP contribution is 2.37. The number of nitrogens with zero attached hydrogens (tertiary/aromatic N) is 3. The lowest BCUT2D eigenvalue weighted by molar-refractivity contribution is -0.140. The van der Waals surface area contributed by atoms with Crippen LogP contribution in [0.15, 0.2) is 30.3 Å². The van der Waals surface area contributed by atoms with Gasteiger partial charge in [0.1, 0.15) is 5.82 Å². The summed E-state index contributed by atoms with van der Waals surface area (Å²) in [5.41, 5.74) is 1.80. The monoisotopic (exact) mass is 481 g/mol. The van der Waals surface area contributed by atoms with E-state index in [9.17, 15) is 22.4 Å². The van der Waals surface area contributed by atoms with E-state index in [0.29, 0.717) is 29.5 Å². The van der Waals surface area contributed by atoms with E-state index in [1.54, 1.807) is 0 Å². The van der Waals surface area contributed by atoms with Crippen molar-refractivity contribution in [3.05, 3.63) is 58.4 Å². The molecule has 0 radical (unpaired) electrons. The molecule has 0 aliphatic carbocycles. The molecule has 1 aliphatic heterocycles. The Hall–Kier alpha value is -2.72. The van der Waals surface area contributed by atoms with E-state index in [-0.39, 0.29) is 11.9 Å². The fourth-order valence-electron chi connectivity index (χ4n) is 4.18. The summed E-state index contributed by atoms with van der Waals surface area (Å²) in [7, 11) is 0. The second-order valence-electron chi connectivity index (χ2n) is 8.31. The lowest BCUT2D eigenvalue weighted by Crippen LogP contribution is -2.30. The van der Waals surface area contributed by atoms with E-state index < -0.39 is 23.5 Å². The minimum atomic E-state index is -4.74. The number of aliphatic carboxylic acids is 1. The molecule has 4 rings (SSSR count). The predicted octanol–water partition coefficient (Wildman–Crippen LogP) is 5.10. The number of aromatic nitrogens is 1. The van der Waals surface area contributed by atoms with E-state index in [1.807, 2.05) is 30.0 Å². The van der Waals surface area contributed by atoms with Crippen molar-refractivity contribution in [1.29, 1.82) is 0 Å². The Labute approximate surface area is 192 Å². The molecule has 0 saturated carbocycles. The average Bonchev–Trinajstić information content (AvgIpc) is 2.96. The van der Waals surface area contributed by atoms with Crippen LogP contribution < -0.4 is 4.90 Å². The quantitative estimate of drug-likeness (QED) is 0.514. The summed E-state index contributed by atoms with van der Waals surface area (Å²) in [5, 5.41) is 9.66. The lowest BCUT2D eigenvalue weighted by Gasteiger charge is -2.22. The van der Waals surface area contributed by atoms with Gasteiger partial charge >= 0.3 is 12.1 Å². The van der Waals surface area contributed by atoms with Crippen LogP contribution in [0.5, 0.6) is 0 Å². The third kappa shape index (κ3) is 5.62. The lowest BCUT2D eigenvalue weighted by atomic mass is 10.0. The number of carboxylic acids is 1. The molecule has 3 aromatic rings. The van der Waals surface area contributed by atoms with Crippen molar-refractivity contribution in [2.24, 2.45) is 0 Å². The van der Waals surface area contributed by atoms with Gasteiger partial charge in [-0.05, 0) is 30.5 Å². The molecule has 1 N–H and O–H groups in total. The van der Waals surface area contributed by atoms with Crippen molar-refractivity contribution in [2.75, 3.05) is 31.1 Å². The van der Waals surface area contributed by atoms with Gasteiger partial charge in [-0.2, -0.15) is 13.2 Å². The number of hydrogen-bond acceptors (Lipinski definition) is 5. The van der Waals surface area contributed by atoms with Gasteiger partial charge in [-0.25, -0.2) is 9.37 Å². The molecule has 2 aromatic carbocycles. The molecule has 0 unspecified atom stereocenters. The Morgan fingerprint density at radius 2 is 1.85 bits per heavy atom. The normalized spacial score (nSPS) is 15.7. The maximum absolute atomic E-state index is 13.9. The molecule has 1 fully saturated rings. The maximum atomic E-state index is 13.9. The largest absolute Gasteiger partial charge is 0.481 e. The molecule has 0 spiro atoms. The molecule has 33 heavy (non-hydrogen) atoms. The molecule has 176 valence electrons. The fourth-order valence-corrected chi connectivity index (χ4v) is 5.22. The maximum Gasteiger partial charge on any atom is 0.419 e. The topological polar surface area (TPSA) is 56.7 Å². The first-order valence-corrected chi connectivity index (χ1v) is 11.4. The van der Waals surface area contributed by atoms with Crippen LogP contribution in [-0.2, 0) is 23.9 Å². The number of alkyl halides is 3. The van der Waals surface area contributed by atoms with Gasteiger partial charge < -0.3 is 10.0 Å². The van der Waals surface area contributed by atoms with Gasteiger partial charge in [0.25, 0.3) is 0 Å². The van der Waals surface area contributed by atoms with Gasteiger partial charge in [0.15, 0.2) is 5.13 Å². The minimum Gasteiger partial charge on any atom is -0.481 e.